The summed E-state index contributed by atoms with van der Waals surface area (Å²) in [7, 11) is 0.816. The average Bonchev–Trinajstić information content (AvgIpc) is 3.15. The van der Waals surface area contributed by atoms with Crippen molar-refractivity contribution in [1.82, 2.24) is 14.2 Å². The van der Waals surface area contributed by atoms with Gasteiger partial charge in [-0.3, -0.25) is 14.0 Å². The van der Waals surface area contributed by atoms with E-state index >= 15 is 0 Å². The Morgan fingerprint density at radius 3 is 2.52 bits per heavy atom. The Labute approximate surface area is 185 Å². The molecule has 2 heterocycles. The number of thiazole rings is 1. The van der Waals surface area contributed by atoms with E-state index in [0.717, 1.165) is 25.6 Å². The van der Waals surface area contributed by atoms with Gasteiger partial charge in [0.25, 0.3) is 10.0 Å². The van der Waals surface area contributed by atoms with Gasteiger partial charge in [-0.05, 0) is 45.1 Å². The van der Waals surface area contributed by atoms with Gasteiger partial charge in [0.2, 0.25) is 5.13 Å². The Kier molecular flexibility index (Phi) is 6.48. The number of benzene rings is 1. The summed E-state index contributed by atoms with van der Waals surface area (Å²) in [6, 6.07) is 5.80. The smallest absolute Gasteiger partial charge is 0.329 e. The van der Waals surface area contributed by atoms with Crippen LogP contribution in [0.4, 0.5) is 5.13 Å². The van der Waals surface area contributed by atoms with Crippen molar-refractivity contribution in [3.63, 3.8) is 0 Å². The lowest BCUT2D eigenvalue weighted by Crippen LogP contribution is -2.45. The minimum atomic E-state index is -3.94. The number of fused-ring (bicyclic) bond motifs is 1. The summed E-state index contributed by atoms with van der Waals surface area (Å²) in [4.78, 5) is 38.4. The third-order valence-electron chi connectivity index (χ3n) is 4.84. The first kappa shape index (κ1) is 22.9. The number of carbonyl (C=O) groups excluding carboxylic acids is 2. The molecule has 2 aromatic rings. The lowest BCUT2D eigenvalue weighted by atomic mass is 10.2. The molecule has 1 amide bonds. The van der Waals surface area contributed by atoms with Gasteiger partial charge in [0.15, 0.2) is 0 Å². The van der Waals surface area contributed by atoms with Crippen LogP contribution in [0.1, 0.15) is 23.8 Å². The largest absolute Gasteiger partial charge is 0.350 e. The number of sulfonamides is 1. The highest BCUT2D eigenvalue weighted by molar-refractivity contribution is 7.89. The van der Waals surface area contributed by atoms with Crippen LogP contribution in [-0.2, 0) is 24.4 Å². The van der Waals surface area contributed by atoms with Crippen LogP contribution >= 0.6 is 11.3 Å². The Morgan fingerprint density at radius 2 is 1.94 bits per heavy atom. The van der Waals surface area contributed by atoms with Crippen LogP contribution in [0.2, 0.25) is 0 Å². The number of hydrogen-bond acceptors (Lipinski definition) is 8. The van der Waals surface area contributed by atoms with Crippen molar-refractivity contribution in [3.8, 4) is 0 Å². The number of anilines is 1. The monoisotopic (exact) mass is 464 g/mol. The quantitative estimate of drug-likeness (QED) is 0.626. The standard InChI is InChI=1S/C20H24N4O5S2/c1-6-15(22(3)4)19(26)29-24(20-21-12-13(2)30-20)18(25)16-11-14-9-7-8-10-17(14)31(27,28)23(16)5/h7-12,15H,6H2,1-5H3. The fourth-order valence-corrected chi connectivity index (χ4v) is 5.21. The first-order valence-corrected chi connectivity index (χ1v) is 11.8. The van der Waals surface area contributed by atoms with Crippen LogP contribution in [0.5, 0.6) is 0 Å². The lowest BCUT2D eigenvalue weighted by Gasteiger charge is -2.30. The topological polar surface area (TPSA) is 100 Å². The molecule has 0 aliphatic carbocycles. The molecule has 0 spiro atoms. The maximum atomic E-state index is 13.5. The van der Waals surface area contributed by atoms with E-state index in [2.05, 4.69) is 4.98 Å². The highest BCUT2D eigenvalue weighted by Crippen LogP contribution is 2.32. The van der Waals surface area contributed by atoms with E-state index in [1.54, 1.807) is 50.3 Å². The van der Waals surface area contributed by atoms with Crippen molar-refractivity contribution >= 4 is 44.4 Å². The van der Waals surface area contributed by atoms with Crippen molar-refractivity contribution < 1.29 is 22.8 Å². The third-order valence-corrected chi connectivity index (χ3v) is 7.57. The fourth-order valence-electron chi connectivity index (χ4n) is 3.15. The van der Waals surface area contributed by atoms with E-state index in [0.29, 0.717) is 12.0 Å². The van der Waals surface area contributed by atoms with E-state index < -0.39 is 27.9 Å². The van der Waals surface area contributed by atoms with Crippen LogP contribution in [-0.4, -0.2) is 61.7 Å². The molecule has 9 nitrogen and oxygen atoms in total. The molecule has 11 heteroatoms. The van der Waals surface area contributed by atoms with Gasteiger partial charge in [-0.15, -0.1) is 5.06 Å². The number of aromatic nitrogens is 1. The zero-order valence-corrected chi connectivity index (χ0v) is 19.5. The summed E-state index contributed by atoms with van der Waals surface area (Å²) in [5.41, 5.74) is 0.225. The van der Waals surface area contributed by atoms with Crippen LogP contribution < -0.4 is 5.06 Å². The minimum Gasteiger partial charge on any atom is -0.329 e. The molecule has 0 saturated heterocycles. The number of amides is 1. The molecule has 1 atom stereocenters. The Hall–Kier alpha value is -2.76. The summed E-state index contributed by atoms with van der Waals surface area (Å²) >= 11 is 1.15. The number of aryl methyl sites for hydroxylation is 1. The van der Waals surface area contributed by atoms with Gasteiger partial charge < -0.3 is 4.84 Å². The molecule has 31 heavy (non-hydrogen) atoms. The van der Waals surface area contributed by atoms with Crippen molar-refractivity contribution in [2.24, 2.45) is 0 Å². The molecule has 0 saturated carbocycles. The molecule has 1 aromatic heterocycles. The zero-order valence-electron chi connectivity index (χ0n) is 17.9. The molecular weight excluding hydrogens is 440 g/mol. The van der Waals surface area contributed by atoms with Crippen LogP contribution in [0.15, 0.2) is 41.1 Å². The first-order valence-electron chi connectivity index (χ1n) is 9.52. The van der Waals surface area contributed by atoms with Gasteiger partial charge in [-0.25, -0.2) is 18.2 Å². The second-order valence-electron chi connectivity index (χ2n) is 7.19. The predicted molar refractivity (Wildman–Crippen MR) is 118 cm³/mol. The van der Waals surface area contributed by atoms with Crippen molar-refractivity contribution in [2.75, 3.05) is 26.2 Å². The number of rotatable bonds is 5. The van der Waals surface area contributed by atoms with Gasteiger partial charge in [0.1, 0.15) is 11.7 Å². The Bertz CT molecular complexity index is 1140. The normalized spacial score (nSPS) is 15.8. The SMILES string of the molecule is CCC(C(=O)ON(C(=O)C1=Cc2ccccc2S(=O)(=O)N1C)c1ncc(C)s1)N(C)C. The van der Waals surface area contributed by atoms with Gasteiger partial charge in [0, 0.05) is 18.1 Å². The molecule has 3 rings (SSSR count). The van der Waals surface area contributed by atoms with Crippen LogP contribution in [0.25, 0.3) is 6.08 Å². The predicted octanol–water partition coefficient (Wildman–Crippen LogP) is 2.26. The van der Waals surface area contributed by atoms with Crippen LogP contribution in [0, 0.1) is 6.92 Å². The summed E-state index contributed by atoms with van der Waals surface area (Å²) in [6.45, 7) is 3.62. The number of carbonyl (C=O) groups is 2. The molecule has 166 valence electrons. The molecule has 1 aliphatic heterocycles. The van der Waals surface area contributed by atoms with E-state index in [4.69, 9.17) is 4.84 Å². The number of nitrogens with zero attached hydrogens (tertiary/aromatic N) is 4. The molecule has 1 aliphatic rings. The molecule has 0 radical (unpaired) electrons. The van der Waals surface area contributed by atoms with Gasteiger partial charge in [-0.2, -0.15) is 0 Å². The molecule has 0 N–H and O–H groups in total. The number of hydrogen-bond donors (Lipinski definition) is 0. The number of hydroxylamine groups is 1. The highest BCUT2D eigenvalue weighted by Gasteiger charge is 2.38. The third kappa shape index (κ3) is 4.34. The van der Waals surface area contributed by atoms with Gasteiger partial charge in [0.05, 0.1) is 4.90 Å². The summed E-state index contributed by atoms with van der Waals surface area (Å²) in [6.07, 6.45) is 3.47. The molecule has 1 aromatic carbocycles. The Morgan fingerprint density at radius 1 is 1.26 bits per heavy atom. The fraction of sp³-hybridized carbons (Fsp3) is 0.350. The maximum absolute atomic E-state index is 13.5. The van der Waals surface area contributed by atoms with E-state index in [-0.39, 0.29) is 15.7 Å². The van der Waals surface area contributed by atoms with E-state index in [1.807, 2.05) is 6.92 Å². The molecule has 0 bridgehead atoms. The van der Waals surface area contributed by atoms with Crippen molar-refractivity contribution in [3.05, 3.63) is 46.6 Å². The van der Waals surface area contributed by atoms with Gasteiger partial charge in [-0.1, -0.05) is 36.5 Å². The molecule has 0 fully saturated rings. The second-order valence-corrected chi connectivity index (χ2v) is 10.3. The lowest BCUT2D eigenvalue weighted by molar-refractivity contribution is -0.154. The summed E-state index contributed by atoms with van der Waals surface area (Å²) in [5.74, 6) is -1.45. The van der Waals surface area contributed by atoms with Crippen molar-refractivity contribution in [1.29, 1.82) is 0 Å². The zero-order chi connectivity index (χ0) is 22.9. The summed E-state index contributed by atoms with van der Waals surface area (Å²) in [5, 5.41) is 0.910. The highest BCUT2D eigenvalue weighted by atomic mass is 32.2. The maximum Gasteiger partial charge on any atom is 0.350 e. The first-order chi connectivity index (χ1) is 14.6. The molecule has 1 unspecified atom stereocenters. The molecular formula is C20H24N4O5S2. The van der Waals surface area contributed by atoms with E-state index in [9.17, 15) is 18.0 Å². The minimum absolute atomic E-state index is 0.0985. The van der Waals surface area contributed by atoms with Crippen molar-refractivity contribution in [2.45, 2.75) is 31.2 Å². The summed E-state index contributed by atoms with van der Waals surface area (Å²) < 4.78 is 26.8. The average molecular weight is 465 g/mol. The Balaban J connectivity index is 2.05. The van der Waals surface area contributed by atoms with E-state index in [1.165, 1.54) is 19.2 Å². The second kappa shape index (κ2) is 8.77. The van der Waals surface area contributed by atoms with Gasteiger partial charge >= 0.3 is 11.9 Å². The number of likely N-dealkylation sites (N-methyl/N-ethyl adjacent to an activating group) is 2. The van der Waals surface area contributed by atoms with Crippen LogP contribution in [0.3, 0.4) is 0 Å².